The first-order valence-electron chi connectivity index (χ1n) is 3.74. The van der Waals surface area contributed by atoms with E-state index in [1.54, 1.807) is 4.90 Å². The Bertz CT molecular complexity index is 348. The molecule has 1 aliphatic heterocycles. The molecule has 0 radical (unpaired) electrons. The number of carbonyl (C=O) groups excluding carboxylic acids is 1. The van der Waals surface area contributed by atoms with Crippen LogP contribution in [0.1, 0.15) is 5.56 Å². The SMILES string of the molecule is CN1C(=O)Cc2c(I)cccc21. The zero-order chi connectivity index (χ0) is 8.72. The second kappa shape index (κ2) is 2.73. The molecule has 2 rings (SSSR count). The van der Waals surface area contributed by atoms with Crippen LogP contribution in [0.4, 0.5) is 5.69 Å². The minimum atomic E-state index is 0.189. The lowest BCUT2D eigenvalue weighted by Crippen LogP contribution is -2.20. The summed E-state index contributed by atoms with van der Waals surface area (Å²) in [6, 6.07) is 6.00. The molecule has 0 atom stereocenters. The Morgan fingerprint density at radius 3 is 2.92 bits per heavy atom. The maximum atomic E-state index is 11.3. The smallest absolute Gasteiger partial charge is 0.231 e. The van der Waals surface area contributed by atoms with E-state index >= 15 is 0 Å². The predicted octanol–water partition coefficient (Wildman–Crippen LogP) is 1.81. The Kier molecular flexibility index (Phi) is 1.83. The highest BCUT2D eigenvalue weighted by Crippen LogP contribution is 2.30. The zero-order valence-corrected chi connectivity index (χ0v) is 8.83. The number of carbonyl (C=O) groups is 1. The van der Waals surface area contributed by atoms with Gasteiger partial charge in [-0.25, -0.2) is 0 Å². The Morgan fingerprint density at radius 1 is 1.50 bits per heavy atom. The normalized spacial score (nSPS) is 15.2. The van der Waals surface area contributed by atoms with Gasteiger partial charge in [-0.2, -0.15) is 0 Å². The zero-order valence-electron chi connectivity index (χ0n) is 6.67. The summed E-state index contributed by atoms with van der Waals surface area (Å²) in [6.45, 7) is 0. The largest absolute Gasteiger partial charge is 0.315 e. The van der Waals surface area contributed by atoms with Crippen molar-refractivity contribution in [2.45, 2.75) is 6.42 Å². The van der Waals surface area contributed by atoms with Gasteiger partial charge in [-0.3, -0.25) is 4.79 Å². The van der Waals surface area contributed by atoms with Gasteiger partial charge in [0.05, 0.1) is 6.42 Å². The molecule has 0 bridgehead atoms. The number of amides is 1. The van der Waals surface area contributed by atoms with Crippen molar-refractivity contribution >= 4 is 34.2 Å². The van der Waals surface area contributed by atoms with Gasteiger partial charge in [0.2, 0.25) is 5.91 Å². The monoisotopic (exact) mass is 273 g/mol. The Morgan fingerprint density at radius 2 is 2.25 bits per heavy atom. The molecule has 0 saturated carbocycles. The van der Waals surface area contributed by atoms with Gasteiger partial charge in [0.15, 0.2) is 0 Å². The molecule has 0 saturated heterocycles. The Balaban J connectivity index is 2.60. The first kappa shape index (κ1) is 8.04. The van der Waals surface area contributed by atoms with Crippen LogP contribution in [0.2, 0.25) is 0 Å². The van der Waals surface area contributed by atoms with Crippen LogP contribution in [0, 0.1) is 3.57 Å². The van der Waals surface area contributed by atoms with Crippen LogP contribution >= 0.6 is 22.6 Å². The number of rotatable bonds is 0. The van der Waals surface area contributed by atoms with Crippen molar-refractivity contribution < 1.29 is 4.79 Å². The van der Waals surface area contributed by atoms with E-state index in [9.17, 15) is 4.79 Å². The third kappa shape index (κ3) is 1.03. The minimum Gasteiger partial charge on any atom is -0.315 e. The third-order valence-corrected chi connectivity index (χ3v) is 3.17. The van der Waals surface area contributed by atoms with Crippen molar-refractivity contribution in [2.24, 2.45) is 0 Å². The van der Waals surface area contributed by atoms with Gasteiger partial charge >= 0.3 is 0 Å². The van der Waals surface area contributed by atoms with Crippen molar-refractivity contribution in [1.82, 2.24) is 0 Å². The van der Waals surface area contributed by atoms with E-state index in [2.05, 4.69) is 22.6 Å². The van der Waals surface area contributed by atoms with E-state index in [1.807, 2.05) is 25.2 Å². The Labute approximate surface area is 84.7 Å². The number of anilines is 1. The lowest BCUT2D eigenvalue weighted by molar-refractivity contribution is -0.117. The second-order valence-electron chi connectivity index (χ2n) is 2.87. The van der Waals surface area contributed by atoms with E-state index in [0.717, 1.165) is 5.69 Å². The molecule has 0 unspecified atom stereocenters. The van der Waals surface area contributed by atoms with Crippen LogP contribution < -0.4 is 4.90 Å². The standard InChI is InChI=1S/C9H8INO/c1-11-8-4-2-3-7(10)6(8)5-9(11)12/h2-4H,5H2,1H3. The van der Waals surface area contributed by atoms with Gasteiger partial charge in [-0.1, -0.05) is 6.07 Å². The highest BCUT2D eigenvalue weighted by molar-refractivity contribution is 14.1. The molecule has 62 valence electrons. The molecule has 1 aromatic rings. The molecule has 1 heterocycles. The van der Waals surface area contributed by atoms with Crippen LogP contribution in [-0.4, -0.2) is 13.0 Å². The summed E-state index contributed by atoms with van der Waals surface area (Å²) < 4.78 is 1.18. The third-order valence-electron chi connectivity index (χ3n) is 2.16. The number of nitrogens with zero attached hydrogens (tertiary/aromatic N) is 1. The lowest BCUT2D eigenvalue weighted by Gasteiger charge is -2.09. The molecule has 1 aliphatic rings. The highest BCUT2D eigenvalue weighted by atomic mass is 127. The summed E-state index contributed by atoms with van der Waals surface area (Å²) in [4.78, 5) is 13.0. The maximum absolute atomic E-state index is 11.3. The van der Waals surface area contributed by atoms with Gasteiger partial charge in [-0.15, -0.1) is 0 Å². The number of likely N-dealkylation sites (N-methyl/N-ethyl adjacent to an activating group) is 1. The molecule has 0 spiro atoms. The molecule has 0 aromatic heterocycles. The fraction of sp³-hybridized carbons (Fsp3) is 0.222. The van der Waals surface area contributed by atoms with Gasteiger partial charge < -0.3 is 4.90 Å². The first-order valence-corrected chi connectivity index (χ1v) is 4.82. The predicted molar refractivity (Wildman–Crippen MR) is 56.3 cm³/mol. The van der Waals surface area contributed by atoms with E-state index in [4.69, 9.17) is 0 Å². The Hall–Kier alpha value is -0.580. The topological polar surface area (TPSA) is 20.3 Å². The van der Waals surface area contributed by atoms with E-state index in [1.165, 1.54) is 9.13 Å². The van der Waals surface area contributed by atoms with E-state index < -0.39 is 0 Å². The van der Waals surface area contributed by atoms with Gasteiger partial charge in [-0.05, 0) is 40.3 Å². The summed E-state index contributed by atoms with van der Waals surface area (Å²) >= 11 is 2.27. The van der Waals surface area contributed by atoms with Gasteiger partial charge in [0.25, 0.3) is 0 Å². The summed E-state index contributed by atoms with van der Waals surface area (Å²) in [5, 5.41) is 0. The summed E-state index contributed by atoms with van der Waals surface area (Å²) in [5.74, 6) is 0.189. The molecule has 0 fully saturated rings. The van der Waals surface area contributed by atoms with Gasteiger partial charge in [0, 0.05) is 16.3 Å². The fourth-order valence-electron chi connectivity index (χ4n) is 1.44. The summed E-state index contributed by atoms with van der Waals surface area (Å²) in [5.41, 5.74) is 2.23. The number of benzene rings is 1. The lowest BCUT2D eigenvalue weighted by atomic mass is 10.2. The molecule has 3 heteroatoms. The number of halogens is 1. The van der Waals surface area contributed by atoms with Crippen LogP contribution in [0.15, 0.2) is 18.2 Å². The van der Waals surface area contributed by atoms with E-state index in [-0.39, 0.29) is 5.91 Å². The van der Waals surface area contributed by atoms with Crippen LogP contribution in [0.5, 0.6) is 0 Å². The molecule has 2 nitrogen and oxygen atoms in total. The summed E-state index contributed by atoms with van der Waals surface area (Å²) in [7, 11) is 1.82. The number of fused-ring (bicyclic) bond motifs is 1. The highest BCUT2D eigenvalue weighted by Gasteiger charge is 2.24. The molecular formula is C9H8INO. The van der Waals surface area contributed by atoms with E-state index in [0.29, 0.717) is 6.42 Å². The van der Waals surface area contributed by atoms with Crippen molar-refractivity contribution in [3.05, 3.63) is 27.3 Å². The second-order valence-corrected chi connectivity index (χ2v) is 4.03. The minimum absolute atomic E-state index is 0.189. The van der Waals surface area contributed by atoms with Crippen molar-refractivity contribution in [1.29, 1.82) is 0 Å². The van der Waals surface area contributed by atoms with Crippen molar-refractivity contribution in [2.75, 3.05) is 11.9 Å². The molecule has 12 heavy (non-hydrogen) atoms. The number of hydrogen-bond acceptors (Lipinski definition) is 1. The molecule has 1 amide bonds. The number of hydrogen-bond donors (Lipinski definition) is 0. The van der Waals surface area contributed by atoms with Crippen LogP contribution in [0.3, 0.4) is 0 Å². The van der Waals surface area contributed by atoms with Crippen LogP contribution in [-0.2, 0) is 11.2 Å². The quantitative estimate of drug-likeness (QED) is 0.660. The fourth-order valence-corrected chi connectivity index (χ4v) is 2.12. The molecule has 0 aliphatic carbocycles. The molecular weight excluding hydrogens is 265 g/mol. The maximum Gasteiger partial charge on any atom is 0.231 e. The van der Waals surface area contributed by atoms with Crippen molar-refractivity contribution in [3.8, 4) is 0 Å². The molecule has 0 N–H and O–H groups in total. The average molecular weight is 273 g/mol. The first-order chi connectivity index (χ1) is 5.70. The van der Waals surface area contributed by atoms with Gasteiger partial charge in [0.1, 0.15) is 0 Å². The summed E-state index contributed by atoms with van der Waals surface area (Å²) in [6.07, 6.45) is 0.560. The average Bonchev–Trinajstić information content (AvgIpc) is 2.32. The molecule has 1 aromatic carbocycles. The van der Waals surface area contributed by atoms with Crippen LogP contribution in [0.25, 0.3) is 0 Å². The van der Waals surface area contributed by atoms with Crippen molar-refractivity contribution in [3.63, 3.8) is 0 Å².